The van der Waals surface area contributed by atoms with E-state index in [-0.39, 0.29) is 12.0 Å². The first-order valence-electron chi connectivity index (χ1n) is 8.68. The number of amides is 1. The fourth-order valence-electron chi connectivity index (χ4n) is 3.16. The largest absolute Gasteiger partial charge is 0.373 e. The number of nitrogens with zero attached hydrogens (tertiary/aromatic N) is 3. The van der Waals surface area contributed by atoms with Gasteiger partial charge in [-0.3, -0.25) is 9.78 Å². The molecule has 126 valence electrons. The lowest BCUT2D eigenvalue weighted by Crippen LogP contribution is -2.49. The maximum absolute atomic E-state index is 12.4. The molecule has 1 saturated heterocycles. The lowest BCUT2D eigenvalue weighted by molar-refractivity contribution is -0.139. The molecule has 1 aromatic heterocycles. The topological polar surface area (TPSA) is 45.7 Å². The molecule has 1 aromatic rings. The van der Waals surface area contributed by atoms with Crippen LogP contribution < -0.4 is 0 Å². The maximum Gasteiger partial charge on any atom is 0.223 e. The van der Waals surface area contributed by atoms with Crippen LogP contribution in [0, 0.1) is 5.92 Å². The molecule has 0 N–H and O–H groups in total. The average molecular weight is 317 g/mol. The molecule has 1 amide bonds. The molecule has 3 rings (SSSR count). The molecule has 2 heterocycles. The van der Waals surface area contributed by atoms with Gasteiger partial charge in [0.2, 0.25) is 5.91 Å². The summed E-state index contributed by atoms with van der Waals surface area (Å²) in [5.74, 6) is 1.11. The predicted molar refractivity (Wildman–Crippen MR) is 89.1 cm³/mol. The fraction of sp³-hybridized carbons (Fsp3) is 0.667. The minimum Gasteiger partial charge on any atom is -0.373 e. The summed E-state index contributed by atoms with van der Waals surface area (Å²) in [6.07, 6.45) is 5.90. The first-order valence-corrected chi connectivity index (χ1v) is 8.68. The first-order chi connectivity index (χ1) is 11.2. The van der Waals surface area contributed by atoms with E-state index in [1.54, 1.807) is 6.20 Å². The number of carbonyl (C=O) groups is 1. The Morgan fingerprint density at radius 1 is 1.39 bits per heavy atom. The van der Waals surface area contributed by atoms with E-state index in [0.717, 1.165) is 31.2 Å². The van der Waals surface area contributed by atoms with Crippen molar-refractivity contribution < 1.29 is 9.53 Å². The molecule has 0 unspecified atom stereocenters. The normalized spacial score (nSPS) is 21.7. The number of ether oxygens (including phenoxy) is 1. The van der Waals surface area contributed by atoms with E-state index in [1.807, 2.05) is 23.1 Å². The molecule has 1 atom stereocenters. The SMILES string of the molecule is CN(CC1CC1)C[C@H]1CN(C(=O)CCc2ccccn2)CCO1. The highest BCUT2D eigenvalue weighted by Gasteiger charge is 2.27. The Morgan fingerprint density at radius 2 is 2.26 bits per heavy atom. The van der Waals surface area contributed by atoms with Crippen molar-refractivity contribution in [1.29, 1.82) is 0 Å². The molecule has 1 aliphatic heterocycles. The second kappa shape index (κ2) is 7.88. The van der Waals surface area contributed by atoms with Crippen molar-refractivity contribution in [1.82, 2.24) is 14.8 Å². The second-order valence-corrected chi connectivity index (χ2v) is 6.82. The van der Waals surface area contributed by atoms with Gasteiger partial charge in [-0.25, -0.2) is 0 Å². The van der Waals surface area contributed by atoms with E-state index in [4.69, 9.17) is 4.74 Å². The Balaban J connectivity index is 1.42. The Labute approximate surface area is 138 Å². The highest BCUT2D eigenvalue weighted by atomic mass is 16.5. The number of carbonyl (C=O) groups excluding carboxylic acids is 1. The number of pyridine rings is 1. The molecule has 0 bridgehead atoms. The standard InChI is InChI=1S/C18H27N3O2/c1-20(12-15-5-6-15)13-17-14-21(10-11-23-17)18(22)8-7-16-4-2-3-9-19-16/h2-4,9,15,17H,5-8,10-14H2,1H3/t17-/m0/s1. The third-order valence-electron chi connectivity index (χ3n) is 4.59. The lowest BCUT2D eigenvalue weighted by Gasteiger charge is -2.35. The van der Waals surface area contributed by atoms with Gasteiger partial charge in [0.15, 0.2) is 0 Å². The highest BCUT2D eigenvalue weighted by Crippen LogP contribution is 2.29. The first kappa shape index (κ1) is 16.4. The zero-order valence-corrected chi connectivity index (χ0v) is 14.0. The van der Waals surface area contributed by atoms with Crippen LogP contribution >= 0.6 is 0 Å². The zero-order chi connectivity index (χ0) is 16.1. The molecular formula is C18H27N3O2. The Kier molecular flexibility index (Phi) is 5.62. The van der Waals surface area contributed by atoms with Crippen molar-refractivity contribution in [2.45, 2.75) is 31.8 Å². The molecule has 1 saturated carbocycles. The summed E-state index contributed by atoms with van der Waals surface area (Å²) in [5.41, 5.74) is 0.981. The Morgan fingerprint density at radius 3 is 3.00 bits per heavy atom. The molecule has 2 fully saturated rings. The van der Waals surface area contributed by atoms with Gasteiger partial charge >= 0.3 is 0 Å². The zero-order valence-electron chi connectivity index (χ0n) is 14.0. The molecule has 5 heteroatoms. The van der Waals surface area contributed by atoms with Crippen molar-refractivity contribution in [2.24, 2.45) is 5.92 Å². The van der Waals surface area contributed by atoms with E-state index in [1.165, 1.54) is 12.8 Å². The van der Waals surface area contributed by atoms with E-state index in [9.17, 15) is 4.79 Å². The third kappa shape index (κ3) is 5.29. The summed E-state index contributed by atoms with van der Waals surface area (Å²) < 4.78 is 5.85. The monoisotopic (exact) mass is 317 g/mol. The van der Waals surface area contributed by atoms with Crippen molar-refractivity contribution in [3.05, 3.63) is 30.1 Å². The van der Waals surface area contributed by atoms with E-state index in [0.29, 0.717) is 26.0 Å². The molecule has 0 radical (unpaired) electrons. The number of morpholine rings is 1. The molecular weight excluding hydrogens is 290 g/mol. The van der Waals surface area contributed by atoms with Gasteiger partial charge in [0.05, 0.1) is 12.7 Å². The van der Waals surface area contributed by atoms with Crippen LogP contribution in [0.3, 0.4) is 0 Å². The highest BCUT2D eigenvalue weighted by molar-refractivity contribution is 5.76. The molecule has 0 aromatic carbocycles. The van der Waals surface area contributed by atoms with E-state index >= 15 is 0 Å². The van der Waals surface area contributed by atoms with Crippen molar-refractivity contribution in [3.8, 4) is 0 Å². The van der Waals surface area contributed by atoms with Gasteiger partial charge in [-0.05, 0) is 44.4 Å². The van der Waals surface area contributed by atoms with Crippen LogP contribution in [0.25, 0.3) is 0 Å². The molecule has 0 spiro atoms. The van der Waals surface area contributed by atoms with Crippen LogP contribution in [0.4, 0.5) is 0 Å². The van der Waals surface area contributed by atoms with E-state index in [2.05, 4.69) is 16.9 Å². The van der Waals surface area contributed by atoms with Crippen LogP contribution in [-0.2, 0) is 16.0 Å². The number of likely N-dealkylation sites (N-methyl/N-ethyl adjacent to an activating group) is 1. The predicted octanol–water partition coefficient (Wildman–Crippen LogP) is 1.58. The van der Waals surface area contributed by atoms with Crippen molar-refractivity contribution in [3.63, 3.8) is 0 Å². The fourth-order valence-corrected chi connectivity index (χ4v) is 3.16. The lowest BCUT2D eigenvalue weighted by atomic mass is 10.2. The smallest absolute Gasteiger partial charge is 0.223 e. The molecule has 23 heavy (non-hydrogen) atoms. The van der Waals surface area contributed by atoms with Crippen LogP contribution in [-0.4, -0.2) is 66.6 Å². The van der Waals surface area contributed by atoms with Crippen LogP contribution in [0.15, 0.2) is 24.4 Å². The van der Waals surface area contributed by atoms with Crippen molar-refractivity contribution in [2.75, 3.05) is 39.8 Å². The van der Waals surface area contributed by atoms with Gasteiger partial charge in [-0.15, -0.1) is 0 Å². The summed E-state index contributed by atoms with van der Waals surface area (Å²) in [4.78, 5) is 21.0. The van der Waals surface area contributed by atoms with Crippen LogP contribution in [0.2, 0.25) is 0 Å². The quantitative estimate of drug-likeness (QED) is 0.766. The third-order valence-corrected chi connectivity index (χ3v) is 4.59. The van der Waals surface area contributed by atoms with Gasteiger partial charge in [0.1, 0.15) is 0 Å². The minimum absolute atomic E-state index is 0.145. The summed E-state index contributed by atoms with van der Waals surface area (Å²) >= 11 is 0. The number of hydrogen-bond acceptors (Lipinski definition) is 4. The minimum atomic E-state index is 0.145. The van der Waals surface area contributed by atoms with Gasteiger partial charge in [0.25, 0.3) is 0 Å². The number of aryl methyl sites for hydroxylation is 1. The van der Waals surface area contributed by atoms with E-state index < -0.39 is 0 Å². The maximum atomic E-state index is 12.4. The molecule has 2 aliphatic rings. The number of rotatable bonds is 7. The summed E-state index contributed by atoms with van der Waals surface area (Å²) in [6.45, 7) is 4.16. The number of aromatic nitrogens is 1. The van der Waals surface area contributed by atoms with Gasteiger partial charge in [0, 0.05) is 44.5 Å². The average Bonchev–Trinajstić information content (AvgIpc) is 3.37. The van der Waals surface area contributed by atoms with Crippen molar-refractivity contribution >= 4 is 5.91 Å². The second-order valence-electron chi connectivity index (χ2n) is 6.82. The molecule has 1 aliphatic carbocycles. The summed E-state index contributed by atoms with van der Waals surface area (Å²) in [5, 5.41) is 0. The van der Waals surface area contributed by atoms with Gasteiger partial charge < -0.3 is 14.5 Å². The Hall–Kier alpha value is -1.46. The van der Waals surface area contributed by atoms with Crippen LogP contribution in [0.1, 0.15) is 25.0 Å². The van der Waals surface area contributed by atoms with Gasteiger partial charge in [-0.2, -0.15) is 0 Å². The molecule has 5 nitrogen and oxygen atoms in total. The Bertz CT molecular complexity index is 504. The number of hydrogen-bond donors (Lipinski definition) is 0. The van der Waals surface area contributed by atoms with Crippen LogP contribution in [0.5, 0.6) is 0 Å². The summed E-state index contributed by atoms with van der Waals surface area (Å²) in [6, 6.07) is 5.84. The van der Waals surface area contributed by atoms with Gasteiger partial charge in [-0.1, -0.05) is 6.07 Å². The summed E-state index contributed by atoms with van der Waals surface area (Å²) in [7, 11) is 2.16.